The Kier molecular flexibility index (Phi) is 11.3. The quantitative estimate of drug-likeness (QED) is 0.0917. The molecule has 3 aromatic carbocycles. The van der Waals surface area contributed by atoms with Crippen LogP contribution in [0.3, 0.4) is 0 Å². The van der Waals surface area contributed by atoms with Crippen molar-refractivity contribution in [3.05, 3.63) is 111 Å². The third kappa shape index (κ3) is 8.99. The summed E-state index contributed by atoms with van der Waals surface area (Å²) in [6, 6.07) is 21.2. The molecule has 244 valence electrons. The monoisotopic (exact) mass is 673 g/mol. The van der Waals surface area contributed by atoms with Gasteiger partial charge in [0.15, 0.2) is 6.10 Å². The molecule has 2 amide bonds. The fourth-order valence-corrected chi connectivity index (χ4v) is 6.55. The van der Waals surface area contributed by atoms with E-state index >= 15 is 0 Å². The summed E-state index contributed by atoms with van der Waals surface area (Å²) in [4.78, 5) is 39.6. The lowest BCUT2D eigenvalue weighted by Gasteiger charge is -2.18. The molecule has 0 saturated carbocycles. The average molecular weight is 674 g/mol. The van der Waals surface area contributed by atoms with Gasteiger partial charge in [0.2, 0.25) is 0 Å². The Hall–Kier alpha value is -4.67. The number of thiophene rings is 1. The summed E-state index contributed by atoms with van der Waals surface area (Å²) < 4.78 is 16.9. The first-order chi connectivity index (χ1) is 22.7. The Morgan fingerprint density at radius 1 is 1.02 bits per heavy atom. The summed E-state index contributed by atoms with van der Waals surface area (Å²) in [5.41, 5.74) is 6.10. The molecule has 0 fully saturated rings. The Labute approximate surface area is 282 Å². The molecule has 1 heterocycles. The Morgan fingerprint density at radius 3 is 2.43 bits per heavy atom. The highest BCUT2D eigenvalue weighted by molar-refractivity contribution is 7.17. The molecule has 4 aromatic rings. The van der Waals surface area contributed by atoms with Crippen LogP contribution in [0.4, 0.5) is 5.00 Å². The summed E-state index contributed by atoms with van der Waals surface area (Å²) in [5, 5.41) is 8.14. The van der Waals surface area contributed by atoms with E-state index in [1.807, 2.05) is 48.5 Å². The number of carbonyl (C=O) groups is 3. The first-order valence-electron chi connectivity index (χ1n) is 15.4. The van der Waals surface area contributed by atoms with E-state index in [-0.39, 0.29) is 12.5 Å². The van der Waals surface area contributed by atoms with Gasteiger partial charge in [-0.15, -0.1) is 11.3 Å². The molecule has 0 spiro atoms. The number of ether oxygens (including phenoxy) is 3. The highest BCUT2D eigenvalue weighted by Crippen LogP contribution is 2.40. The van der Waals surface area contributed by atoms with E-state index in [0.29, 0.717) is 45.2 Å². The second kappa shape index (κ2) is 15.8. The number of esters is 1. The van der Waals surface area contributed by atoms with Gasteiger partial charge in [0, 0.05) is 15.5 Å². The second-order valence-electron chi connectivity index (χ2n) is 11.2. The van der Waals surface area contributed by atoms with Crippen LogP contribution in [0.25, 0.3) is 0 Å². The Morgan fingerprint density at radius 2 is 1.72 bits per heavy atom. The van der Waals surface area contributed by atoms with Crippen LogP contribution in [0.5, 0.6) is 11.5 Å². The molecule has 0 radical (unpaired) electrons. The zero-order chi connectivity index (χ0) is 33.3. The van der Waals surface area contributed by atoms with Crippen LogP contribution >= 0.6 is 22.9 Å². The van der Waals surface area contributed by atoms with E-state index in [2.05, 4.69) is 22.8 Å². The summed E-state index contributed by atoms with van der Waals surface area (Å²) in [6.07, 6.45) is 3.33. The number of amides is 2. The van der Waals surface area contributed by atoms with Gasteiger partial charge in [0.1, 0.15) is 23.1 Å². The highest BCUT2D eigenvalue weighted by Gasteiger charge is 2.29. The molecule has 2 unspecified atom stereocenters. The number of carbonyl (C=O) groups excluding carboxylic acids is 3. The second-order valence-corrected chi connectivity index (χ2v) is 12.8. The first-order valence-corrected chi connectivity index (χ1v) is 16.6. The molecule has 0 saturated heterocycles. The minimum Gasteiger partial charge on any atom is -0.489 e. The van der Waals surface area contributed by atoms with Crippen molar-refractivity contribution in [2.24, 2.45) is 11.0 Å². The maximum Gasteiger partial charge on any atom is 0.341 e. The molecule has 0 aliphatic heterocycles. The van der Waals surface area contributed by atoms with E-state index < -0.39 is 18.0 Å². The normalized spacial score (nSPS) is 14.6. The maximum atomic E-state index is 13.1. The van der Waals surface area contributed by atoms with Gasteiger partial charge in [0.05, 0.1) is 18.4 Å². The smallest absolute Gasteiger partial charge is 0.341 e. The largest absolute Gasteiger partial charge is 0.489 e. The van der Waals surface area contributed by atoms with E-state index in [9.17, 15) is 14.4 Å². The van der Waals surface area contributed by atoms with Crippen LogP contribution in [0.15, 0.2) is 77.9 Å². The van der Waals surface area contributed by atoms with Gasteiger partial charge in [-0.25, -0.2) is 10.2 Å². The highest BCUT2D eigenvalue weighted by atomic mass is 35.5. The number of nitrogens with one attached hydrogen (secondary N) is 2. The molecule has 1 aromatic heterocycles. The molecule has 5 rings (SSSR count). The summed E-state index contributed by atoms with van der Waals surface area (Å²) >= 11 is 7.36. The average Bonchev–Trinajstić information content (AvgIpc) is 3.42. The Bertz CT molecular complexity index is 1740. The number of rotatable bonds is 12. The molecule has 9 nitrogen and oxygen atoms in total. The lowest BCUT2D eigenvalue weighted by molar-refractivity contribution is -0.127. The van der Waals surface area contributed by atoms with Crippen molar-refractivity contribution < 1.29 is 28.6 Å². The van der Waals surface area contributed by atoms with Gasteiger partial charge in [-0.1, -0.05) is 30.7 Å². The number of anilines is 1. The predicted molar refractivity (Wildman–Crippen MR) is 184 cm³/mol. The third-order valence-corrected chi connectivity index (χ3v) is 9.03. The fourth-order valence-electron chi connectivity index (χ4n) is 5.03. The zero-order valence-corrected chi connectivity index (χ0v) is 28.0. The van der Waals surface area contributed by atoms with Crippen LogP contribution in [-0.4, -0.2) is 36.7 Å². The topological polar surface area (TPSA) is 115 Å². The molecular formula is C36H36ClN3O6S. The molecule has 0 bridgehead atoms. The summed E-state index contributed by atoms with van der Waals surface area (Å²) in [6.45, 7) is 6.24. The van der Waals surface area contributed by atoms with Gasteiger partial charge < -0.3 is 19.5 Å². The van der Waals surface area contributed by atoms with Gasteiger partial charge in [-0.2, -0.15) is 5.10 Å². The number of hydrogen-bond donors (Lipinski definition) is 2. The zero-order valence-electron chi connectivity index (χ0n) is 26.4. The van der Waals surface area contributed by atoms with Crippen molar-refractivity contribution in [2.75, 3.05) is 11.9 Å². The summed E-state index contributed by atoms with van der Waals surface area (Å²) in [5.74, 6) is 0.434. The fraction of sp³-hybridized carbons (Fsp3) is 0.278. The molecule has 2 N–H and O–H groups in total. The van der Waals surface area contributed by atoms with Crippen molar-refractivity contribution >= 4 is 51.9 Å². The van der Waals surface area contributed by atoms with Crippen LogP contribution in [0, 0.1) is 5.92 Å². The number of halogens is 1. The van der Waals surface area contributed by atoms with Crippen LogP contribution in [0.1, 0.15) is 69.5 Å². The van der Waals surface area contributed by atoms with E-state index in [1.165, 1.54) is 17.6 Å². The van der Waals surface area contributed by atoms with Crippen LogP contribution < -0.4 is 20.2 Å². The molecule has 47 heavy (non-hydrogen) atoms. The molecule has 1 aliphatic carbocycles. The van der Waals surface area contributed by atoms with E-state index in [4.69, 9.17) is 25.8 Å². The van der Waals surface area contributed by atoms with Gasteiger partial charge in [0.25, 0.3) is 11.8 Å². The van der Waals surface area contributed by atoms with E-state index in [0.717, 1.165) is 40.8 Å². The number of nitrogens with zero attached hydrogens (tertiary/aromatic N) is 1. The lowest BCUT2D eigenvalue weighted by Crippen LogP contribution is -2.33. The molecule has 1 aliphatic rings. The SMILES string of the molecule is CCOC(=O)c1c(NC(=O)c2ccc(OC(C)C(=O)N/N=C/c3ccc(OCc4ccc(Cl)cc4)cc3)cc2)sc2c1CCC(C)C2. The molecule has 2 atom stereocenters. The van der Waals surface area contributed by atoms with Crippen molar-refractivity contribution in [3.63, 3.8) is 0 Å². The van der Waals surface area contributed by atoms with E-state index in [1.54, 1.807) is 38.1 Å². The maximum absolute atomic E-state index is 13.1. The lowest BCUT2D eigenvalue weighted by atomic mass is 9.88. The predicted octanol–water partition coefficient (Wildman–Crippen LogP) is 7.45. The minimum atomic E-state index is -0.845. The standard InChI is InChI=1S/C36H36ClN3O6S/c1-4-44-36(43)32-30-18-5-22(2)19-31(30)47-35(32)39-34(42)26-10-16-29(17-11-26)46-23(3)33(41)40-38-20-24-8-14-28(15-9-24)45-21-25-6-12-27(37)13-7-25/h6-17,20,22-23H,4-5,18-19,21H2,1-3H3,(H,39,42)(H,40,41)/b38-20+. The first kappa shape index (κ1) is 33.7. The van der Waals surface area contributed by atoms with Crippen LogP contribution in [0.2, 0.25) is 5.02 Å². The number of hydrogen-bond acceptors (Lipinski definition) is 8. The number of hydrazone groups is 1. The van der Waals surface area contributed by atoms with Gasteiger partial charge in [-0.3, -0.25) is 9.59 Å². The van der Waals surface area contributed by atoms with Crippen LogP contribution in [-0.2, 0) is 29.0 Å². The third-order valence-electron chi connectivity index (χ3n) is 7.60. The Balaban J connectivity index is 1.11. The van der Waals surface area contributed by atoms with Crippen molar-refractivity contribution in [3.8, 4) is 11.5 Å². The van der Waals surface area contributed by atoms with Crippen molar-refractivity contribution in [1.29, 1.82) is 0 Å². The summed E-state index contributed by atoms with van der Waals surface area (Å²) in [7, 11) is 0. The van der Waals surface area contributed by atoms with Crippen molar-refractivity contribution in [1.82, 2.24) is 5.43 Å². The number of benzene rings is 3. The van der Waals surface area contributed by atoms with Crippen molar-refractivity contribution in [2.45, 2.75) is 52.7 Å². The van der Waals surface area contributed by atoms with Gasteiger partial charge in [-0.05, 0) is 116 Å². The molecular weight excluding hydrogens is 638 g/mol. The number of fused-ring (bicyclic) bond motifs is 1. The van der Waals surface area contributed by atoms with Gasteiger partial charge >= 0.3 is 5.97 Å². The minimum absolute atomic E-state index is 0.258. The molecule has 11 heteroatoms.